The first-order valence-electron chi connectivity index (χ1n) is 26.1. The highest BCUT2D eigenvalue weighted by atomic mass is 16.6. The number of unbranched alkanes of at least 4 members (excludes halogenated alkanes) is 21. The van der Waals surface area contributed by atoms with Crippen molar-refractivity contribution < 1.29 is 28.6 Å². The summed E-state index contributed by atoms with van der Waals surface area (Å²) in [6.45, 7) is 6.49. The SMILES string of the molecule is CCCCC/C=C\C/C=C\C/C=C\C/C=C\C/C=C\CCC(=O)OC[C@H](COC(=O)CCCCCCC/C=C\CCCCCC)OC(=O)CCCCCCC/C=C\CCCCCC. The fourth-order valence-electron chi connectivity index (χ4n) is 6.88. The molecule has 0 unspecified atom stereocenters. The molecule has 0 fully saturated rings. The molecule has 0 aliphatic heterocycles. The highest BCUT2D eigenvalue weighted by Gasteiger charge is 2.19. The molecule has 63 heavy (non-hydrogen) atoms. The van der Waals surface area contributed by atoms with E-state index in [2.05, 4.69) is 99.8 Å². The third-order valence-electron chi connectivity index (χ3n) is 10.9. The summed E-state index contributed by atoms with van der Waals surface area (Å²) in [4.78, 5) is 37.9. The van der Waals surface area contributed by atoms with Crippen molar-refractivity contribution in [2.45, 2.75) is 245 Å². The molecule has 0 rings (SSSR count). The monoisotopic (exact) mass is 877 g/mol. The van der Waals surface area contributed by atoms with Crippen LogP contribution in [0.1, 0.15) is 239 Å². The zero-order valence-corrected chi connectivity index (χ0v) is 41.1. The Kier molecular flexibility index (Phi) is 48.5. The molecule has 0 heterocycles. The van der Waals surface area contributed by atoms with E-state index in [9.17, 15) is 14.4 Å². The molecular formula is C57H96O6. The van der Waals surface area contributed by atoms with E-state index in [1.807, 2.05) is 6.08 Å². The summed E-state index contributed by atoms with van der Waals surface area (Å²) in [5, 5.41) is 0. The molecule has 0 aromatic heterocycles. The number of carbonyl (C=O) groups excluding carboxylic acids is 3. The number of rotatable bonds is 46. The molecule has 360 valence electrons. The van der Waals surface area contributed by atoms with Crippen molar-refractivity contribution in [1.29, 1.82) is 0 Å². The normalized spacial score (nSPS) is 12.7. The zero-order chi connectivity index (χ0) is 45.8. The van der Waals surface area contributed by atoms with E-state index in [0.717, 1.165) is 89.9 Å². The first kappa shape index (κ1) is 59.6. The minimum absolute atomic E-state index is 0.107. The first-order chi connectivity index (χ1) is 31.0. The van der Waals surface area contributed by atoms with Crippen LogP contribution in [0.4, 0.5) is 0 Å². The maximum atomic E-state index is 12.8. The van der Waals surface area contributed by atoms with Gasteiger partial charge in [-0.2, -0.15) is 0 Å². The summed E-state index contributed by atoms with van der Waals surface area (Å²) in [6, 6.07) is 0. The van der Waals surface area contributed by atoms with Crippen molar-refractivity contribution in [3.8, 4) is 0 Å². The van der Waals surface area contributed by atoms with Gasteiger partial charge in [-0.15, -0.1) is 0 Å². The molecule has 0 radical (unpaired) electrons. The average molecular weight is 877 g/mol. The fraction of sp³-hybridized carbons (Fsp3) is 0.702. The Labute approximate surface area is 388 Å². The third-order valence-corrected chi connectivity index (χ3v) is 10.9. The predicted molar refractivity (Wildman–Crippen MR) is 270 cm³/mol. The summed E-state index contributed by atoms with van der Waals surface area (Å²) in [7, 11) is 0. The number of allylic oxidation sites excluding steroid dienone is 14. The van der Waals surface area contributed by atoms with Gasteiger partial charge in [-0.3, -0.25) is 14.4 Å². The maximum Gasteiger partial charge on any atom is 0.306 e. The molecule has 0 aliphatic carbocycles. The predicted octanol–water partition coefficient (Wildman–Crippen LogP) is 17.2. The summed E-state index contributed by atoms with van der Waals surface area (Å²) < 4.78 is 16.7. The van der Waals surface area contributed by atoms with Gasteiger partial charge < -0.3 is 14.2 Å². The van der Waals surface area contributed by atoms with Crippen LogP contribution in [-0.2, 0) is 28.6 Å². The molecule has 0 amide bonds. The van der Waals surface area contributed by atoms with Crippen LogP contribution < -0.4 is 0 Å². The van der Waals surface area contributed by atoms with Crippen molar-refractivity contribution in [2.24, 2.45) is 0 Å². The second-order valence-electron chi connectivity index (χ2n) is 17.1. The molecule has 0 saturated carbocycles. The van der Waals surface area contributed by atoms with Crippen LogP contribution in [0, 0.1) is 0 Å². The highest BCUT2D eigenvalue weighted by molar-refractivity contribution is 5.71. The molecule has 6 nitrogen and oxygen atoms in total. The van der Waals surface area contributed by atoms with E-state index in [1.165, 1.54) is 103 Å². The van der Waals surface area contributed by atoms with Gasteiger partial charge in [0.25, 0.3) is 0 Å². The Morgan fingerprint density at radius 3 is 1.03 bits per heavy atom. The molecule has 0 aliphatic rings. The Morgan fingerprint density at radius 2 is 0.603 bits per heavy atom. The van der Waals surface area contributed by atoms with Gasteiger partial charge in [0, 0.05) is 19.3 Å². The Balaban J connectivity index is 4.51. The number of carbonyl (C=O) groups is 3. The fourth-order valence-corrected chi connectivity index (χ4v) is 6.88. The quantitative estimate of drug-likeness (QED) is 0.0262. The lowest BCUT2D eigenvalue weighted by atomic mass is 10.1. The van der Waals surface area contributed by atoms with Crippen molar-refractivity contribution in [2.75, 3.05) is 13.2 Å². The molecule has 0 aromatic carbocycles. The van der Waals surface area contributed by atoms with Crippen LogP contribution in [-0.4, -0.2) is 37.2 Å². The van der Waals surface area contributed by atoms with Crippen LogP contribution in [0.25, 0.3) is 0 Å². The van der Waals surface area contributed by atoms with Crippen LogP contribution >= 0.6 is 0 Å². The summed E-state index contributed by atoms with van der Waals surface area (Å²) in [5.41, 5.74) is 0. The largest absolute Gasteiger partial charge is 0.462 e. The molecule has 0 aromatic rings. The Hall–Kier alpha value is -3.41. The molecular weight excluding hydrogens is 781 g/mol. The third kappa shape index (κ3) is 49.5. The lowest BCUT2D eigenvalue weighted by Crippen LogP contribution is -2.30. The van der Waals surface area contributed by atoms with Crippen LogP contribution in [0.15, 0.2) is 85.1 Å². The van der Waals surface area contributed by atoms with E-state index in [1.54, 1.807) is 0 Å². The smallest absolute Gasteiger partial charge is 0.306 e. The van der Waals surface area contributed by atoms with Gasteiger partial charge in [0.05, 0.1) is 0 Å². The first-order valence-corrected chi connectivity index (χ1v) is 26.1. The maximum absolute atomic E-state index is 12.8. The lowest BCUT2D eigenvalue weighted by Gasteiger charge is -2.18. The Bertz CT molecular complexity index is 1240. The molecule has 0 N–H and O–H groups in total. The number of ether oxygens (including phenoxy) is 3. The zero-order valence-electron chi connectivity index (χ0n) is 41.1. The van der Waals surface area contributed by atoms with Crippen LogP contribution in [0.5, 0.6) is 0 Å². The second kappa shape index (κ2) is 51.2. The van der Waals surface area contributed by atoms with Crippen molar-refractivity contribution >= 4 is 17.9 Å². The molecule has 1 atom stereocenters. The summed E-state index contributed by atoms with van der Waals surface area (Å²) >= 11 is 0. The van der Waals surface area contributed by atoms with E-state index >= 15 is 0 Å². The topological polar surface area (TPSA) is 78.9 Å². The highest BCUT2D eigenvalue weighted by Crippen LogP contribution is 2.13. The lowest BCUT2D eigenvalue weighted by molar-refractivity contribution is -0.166. The van der Waals surface area contributed by atoms with Gasteiger partial charge in [-0.05, 0) is 109 Å². The van der Waals surface area contributed by atoms with Gasteiger partial charge in [0.15, 0.2) is 6.10 Å². The van der Waals surface area contributed by atoms with Crippen molar-refractivity contribution in [1.82, 2.24) is 0 Å². The Morgan fingerprint density at radius 1 is 0.317 bits per heavy atom. The summed E-state index contributed by atoms with van der Waals surface area (Å²) in [6.07, 6.45) is 65.7. The van der Waals surface area contributed by atoms with Gasteiger partial charge in [0.2, 0.25) is 0 Å². The minimum atomic E-state index is -0.813. The van der Waals surface area contributed by atoms with Crippen molar-refractivity contribution in [3.05, 3.63) is 85.1 Å². The minimum Gasteiger partial charge on any atom is -0.462 e. The standard InChI is InChI=1S/C57H96O6/c1-4-7-10-13-16-19-22-25-26-27-28-29-30-33-35-38-41-44-47-50-56(59)62-53-54(63-57(60)51-48-45-42-39-36-32-24-21-18-15-12-9-6-3)52-61-55(58)49-46-43-40-37-34-31-23-20-17-14-11-8-5-2/h16,19-21,23-26,28-29,33,35,41,44,54H,4-15,17-18,22,27,30-32,34,36-40,42-43,45-53H2,1-3H3/b19-16-,23-20-,24-21-,26-25-,29-28-,35-33-,44-41-/t54-/m0/s1. The number of esters is 3. The molecule has 6 heteroatoms. The van der Waals surface area contributed by atoms with E-state index in [-0.39, 0.29) is 37.5 Å². The molecule has 0 spiro atoms. The number of hydrogen-bond donors (Lipinski definition) is 0. The van der Waals surface area contributed by atoms with Gasteiger partial charge >= 0.3 is 17.9 Å². The van der Waals surface area contributed by atoms with E-state index in [0.29, 0.717) is 19.3 Å². The van der Waals surface area contributed by atoms with Gasteiger partial charge in [-0.1, -0.05) is 196 Å². The van der Waals surface area contributed by atoms with Gasteiger partial charge in [-0.25, -0.2) is 0 Å². The second-order valence-corrected chi connectivity index (χ2v) is 17.1. The van der Waals surface area contributed by atoms with E-state index in [4.69, 9.17) is 14.2 Å². The number of hydrogen-bond acceptors (Lipinski definition) is 6. The van der Waals surface area contributed by atoms with Crippen LogP contribution in [0.3, 0.4) is 0 Å². The van der Waals surface area contributed by atoms with Crippen molar-refractivity contribution in [3.63, 3.8) is 0 Å². The molecule has 0 saturated heterocycles. The van der Waals surface area contributed by atoms with E-state index < -0.39 is 6.10 Å². The average Bonchev–Trinajstić information content (AvgIpc) is 3.28. The van der Waals surface area contributed by atoms with Gasteiger partial charge in [0.1, 0.15) is 13.2 Å². The van der Waals surface area contributed by atoms with Crippen LogP contribution in [0.2, 0.25) is 0 Å². The molecule has 0 bridgehead atoms. The summed E-state index contributed by atoms with van der Waals surface area (Å²) in [5.74, 6) is -1.01.